The molecule has 0 aromatic heterocycles. The number of rotatable bonds is 8. The lowest BCUT2D eigenvalue weighted by Gasteiger charge is -2.18. The third-order valence-corrected chi connectivity index (χ3v) is 3.91. The smallest absolute Gasteiger partial charge is 0.140 e. The van der Waals surface area contributed by atoms with E-state index in [0.717, 1.165) is 22.4 Å². The van der Waals surface area contributed by atoms with Crippen LogP contribution >= 0.6 is 0 Å². The highest BCUT2D eigenvalue weighted by atomic mass is 16.5. The van der Waals surface area contributed by atoms with Crippen LogP contribution in [0, 0.1) is 0 Å². The zero-order valence-corrected chi connectivity index (χ0v) is 14.2. The molecule has 0 aliphatic rings. The van der Waals surface area contributed by atoms with Gasteiger partial charge in [-0.1, -0.05) is 85.4 Å². The summed E-state index contributed by atoms with van der Waals surface area (Å²) in [6.07, 6.45) is 1.58. The Labute approximate surface area is 149 Å². The first-order valence-electron chi connectivity index (χ1n) is 8.42. The van der Waals surface area contributed by atoms with Gasteiger partial charge >= 0.3 is 0 Å². The van der Waals surface area contributed by atoms with Crippen LogP contribution in [-0.2, 0) is 11.3 Å². The molecule has 25 heavy (non-hydrogen) atoms. The molecule has 0 bridgehead atoms. The second-order valence-corrected chi connectivity index (χ2v) is 5.75. The van der Waals surface area contributed by atoms with Gasteiger partial charge < -0.3 is 9.47 Å². The van der Waals surface area contributed by atoms with E-state index in [0.29, 0.717) is 13.2 Å². The maximum Gasteiger partial charge on any atom is 0.140 e. The Morgan fingerprint density at radius 2 is 1.44 bits per heavy atom. The minimum Gasteiger partial charge on any atom is -0.483 e. The van der Waals surface area contributed by atoms with Crippen LogP contribution in [-0.4, -0.2) is 12.7 Å². The van der Waals surface area contributed by atoms with Gasteiger partial charge in [-0.3, -0.25) is 0 Å². The summed E-state index contributed by atoms with van der Waals surface area (Å²) in [6, 6.07) is 28.4. The molecule has 3 rings (SSSR count). The first-order valence-corrected chi connectivity index (χ1v) is 8.42. The molecule has 1 atom stereocenters. The van der Waals surface area contributed by atoms with Gasteiger partial charge in [0.25, 0.3) is 0 Å². The summed E-state index contributed by atoms with van der Waals surface area (Å²) in [6.45, 7) is 4.90. The molecule has 0 spiro atoms. The van der Waals surface area contributed by atoms with Crippen molar-refractivity contribution >= 4 is 0 Å². The van der Waals surface area contributed by atoms with Gasteiger partial charge in [0.05, 0.1) is 13.2 Å². The van der Waals surface area contributed by atoms with E-state index >= 15 is 0 Å². The molecule has 3 aromatic carbocycles. The Morgan fingerprint density at radius 1 is 0.800 bits per heavy atom. The van der Waals surface area contributed by atoms with Gasteiger partial charge in [-0.25, -0.2) is 0 Å². The summed E-state index contributed by atoms with van der Waals surface area (Å²) in [4.78, 5) is 0. The normalized spacial score (nSPS) is 11.7. The molecule has 0 unspecified atom stereocenters. The zero-order chi connectivity index (χ0) is 17.3. The van der Waals surface area contributed by atoms with E-state index in [1.807, 2.05) is 54.6 Å². The number of hydrogen-bond acceptors (Lipinski definition) is 2. The van der Waals surface area contributed by atoms with E-state index in [1.165, 1.54) is 0 Å². The summed E-state index contributed by atoms with van der Waals surface area (Å²) < 4.78 is 11.9. The second kappa shape index (κ2) is 8.86. The largest absolute Gasteiger partial charge is 0.483 e. The third kappa shape index (κ3) is 4.82. The zero-order valence-electron chi connectivity index (χ0n) is 14.2. The van der Waals surface area contributed by atoms with E-state index in [1.54, 1.807) is 6.08 Å². The van der Waals surface area contributed by atoms with E-state index in [4.69, 9.17) is 9.47 Å². The Morgan fingerprint density at radius 3 is 2.16 bits per heavy atom. The molecule has 0 aliphatic carbocycles. The van der Waals surface area contributed by atoms with Crippen molar-refractivity contribution in [1.29, 1.82) is 0 Å². The first kappa shape index (κ1) is 17.0. The molecule has 0 N–H and O–H groups in total. The monoisotopic (exact) mass is 330 g/mol. The minimum absolute atomic E-state index is 0.200. The predicted molar refractivity (Wildman–Crippen MR) is 103 cm³/mol. The van der Waals surface area contributed by atoms with Crippen molar-refractivity contribution in [2.45, 2.75) is 12.7 Å². The molecular weight excluding hydrogens is 308 g/mol. The van der Waals surface area contributed by atoms with E-state index in [-0.39, 0.29) is 6.10 Å². The molecule has 0 saturated heterocycles. The SMILES string of the molecule is C=C[C@@H](COCc1ccccc1)Oc1ccccc1-c1ccccc1. The van der Waals surface area contributed by atoms with E-state index < -0.39 is 0 Å². The van der Waals surface area contributed by atoms with Crippen molar-refractivity contribution in [2.24, 2.45) is 0 Å². The summed E-state index contributed by atoms with van der Waals surface area (Å²) in [5.74, 6) is 0.835. The highest BCUT2D eigenvalue weighted by molar-refractivity contribution is 5.70. The predicted octanol–water partition coefficient (Wildman–Crippen LogP) is 5.50. The highest BCUT2D eigenvalue weighted by Crippen LogP contribution is 2.30. The molecular formula is C23H22O2. The first-order chi connectivity index (χ1) is 12.4. The Kier molecular flexibility index (Phi) is 6.02. The molecule has 3 aromatic rings. The molecule has 0 amide bonds. The van der Waals surface area contributed by atoms with Crippen molar-refractivity contribution in [3.63, 3.8) is 0 Å². The van der Waals surface area contributed by atoms with Gasteiger partial charge in [-0.15, -0.1) is 0 Å². The number of benzene rings is 3. The lowest BCUT2D eigenvalue weighted by molar-refractivity contribution is 0.0613. The van der Waals surface area contributed by atoms with Crippen LogP contribution in [0.3, 0.4) is 0 Å². The average molecular weight is 330 g/mol. The molecule has 2 heteroatoms. The van der Waals surface area contributed by atoms with Crippen LogP contribution in [0.15, 0.2) is 97.6 Å². The highest BCUT2D eigenvalue weighted by Gasteiger charge is 2.11. The molecule has 0 heterocycles. The fraction of sp³-hybridized carbons (Fsp3) is 0.130. The molecule has 0 saturated carbocycles. The Hall–Kier alpha value is -2.84. The van der Waals surface area contributed by atoms with Gasteiger partial charge in [0.1, 0.15) is 11.9 Å². The molecule has 0 radical (unpaired) electrons. The van der Waals surface area contributed by atoms with Crippen LogP contribution in [0.4, 0.5) is 0 Å². The van der Waals surface area contributed by atoms with Crippen molar-refractivity contribution in [1.82, 2.24) is 0 Å². The molecule has 0 aliphatic heterocycles. The van der Waals surface area contributed by atoms with Crippen LogP contribution < -0.4 is 4.74 Å². The van der Waals surface area contributed by atoms with Gasteiger partial charge in [0.15, 0.2) is 0 Å². The van der Waals surface area contributed by atoms with E-state index in [9.17, 15) is 0 Å². The standard InChI is InChI=1S/C23H22O2/c1-2-21(18-24-17-19-11-5-3-6-12-19)25-23-16-10-9-15-22(23)20-13-7-4-8-14-20/h2-16,21H,1,17-18H2/t21-/m0/s1. The number of para-hydroxylation sites is 1. The van der Waals surface area contributed by atoms with Crippen LogP contribution in [0.5, 0.6) is 5.75 Å². The maximum atomic E-state index is 6.14. The van der Waals surface area contributed by atoms with Crippen LogP contribution in [0.2, 0.25) is 0 Å². The average Bonchev–Trinajstić information content (AvgIpc) is 2.69. The van der Waals surface area contributed by atoms with Gasteiger partial charge in [0.2, 0.25) is 0 Å². The summed E-state index contributed by atoms with van der Waals surface area (Å²) in [7, 11) is 0. The molecule has 2 nitrogen and oxygen atoms in total. The quantitative estimate of drug-likeness (QED) is 0.507. The number of ether oxygens (including phenoxy) is 2. The summed E-state index contributed by atoms with van der Waals surface area (Å²) in [5, 5.41) is 0. The second-order valence-electron chi connectivity index (χ2n) is 5.75. The maximum absolute atomic E-state index is 6.14. The topological polar surface area (TPSA) is 18.5 Å². The van der Waals surface area contributed by atoms with Crippen molar-refractivity contribution in [2.75, 3.05) is 6.61 Å². The van der Waals surface area contributed by atoms with E-state index in [2.05, 4.69) is 36.9 Å². The van der Waals surface area contributed by atoms with Gasteiger partial charge in [-0.05, 0) is 23.3 Å². The fourth-order valence-corrected chi connectivity index (χ4v) is 2.61. The summed E-state index contributed by atoms with van der Waals surface area (Å²) >= 11 is 0. The Bertz CT molecular complexity index is 781. The summed E-state index contributed by atoms with van der Waals surface area (Å²) in [5.41, 5.74) is 3.35. The van der Waals surface area contributed by atoms with Gasteiger partial charge in [0, 0.05) is 5.56 Å². The van der Waals surface area contributed by atoms with Crippen LogP contribution in [0.25, 0.3) is 11.1 Å². The van der Waals surface area contributed by atoms with Gasteiger partial charge in [-0.2, -0.15) is 0 Å². The molecule has 126 valence electrons. The van der Waals surface area contributed by atoms with Crippen molar-refractivity contribution in [3.05, 3.63) is 103 Å². The molecule has 0 fully saturated rings. The third-order valence-electron chi connectivity index (χ3n) is 3.91. The van der Waals surface area contributed by atoms with Crippen molar-refractivity contribution < 1.29 is 9.47 Å². The lowest BCUT2D eigenvalue weighted by atomic mass is 10.0. The Balaban J connectivity index is 1.65. The van der Waals surface area contributed by atoms with Crippen LogP contribution in [0.1, 0.15) is 5.56 Å². The van der Waals surface area contributed by atoms with Crippen molar-refractivity contribution in [3.8, 4) is 16.9 Å². The fourth-order valence-electron chi connectivity index (χ4n) is 2.61. The lowest BCUT2D eigenvalue weighted by Crippen LogP contribution is -2.20. The number of hydrogen-bond donors (Lipinski definition) is 0. The minimum atomic E-state index is -0.200.